The van der Waals surface area contributed by atoms with Crippen molar-refractivity contribution in [2.45, 2.75) is 12.5 Å². The van der Waals surface area contributed by atoms with Gasteiger partial charge in [-0.1, -0.05) is 53.8 Å². The van der Waals surface area contributed by atoms with Gasteiger partial charge in [0.05, 0.1) is 22.7 Å². The van der Waals surface area contributed by atoms with Gasteiger partial charge in [0.1, 0.15) is 11.8 Å². The predicted molar refractivity (Wildman–Crippen MR) is 125 cm³/mol. The van der Waals surface area contributed by atoms with Crippen LogP contribution in [-0.2, 0) is 9.53 Å². The second-order valence-corrected chi connectivity index (χ2v) is 6.91. The molecule has 0 bridgehead atoms. The number of hydrogen-bond donors (Lipinski definition) is 2. The number of ether oxygens (including phenoxy) is 2. The Morgan fingerprint density at radius 2 is 1.88 bits per heavy atom. The van der Waals surface area contributed by atoms with E-state index in [1.54, 1.807) is 30.3 Å². The lowest BCUT2D eigenvalue weighted by Gasteiger charge is -2.15. The number of amidine groups is 1. The molecular weight excluding hydrogens is 453 g/mol. The third-order valence-corrected chi connectivity index (χ3v) is 4.52. The molecule has 0 aromatic heterocycles. The number of halogens is 2. The molecule has 9 heteroatoms. The highest BCUT2D eigenvalue weighted by atomic mass is 35.5. The van der Waals surface area contributed by atoms with Gasteiger partial charge < -0.3 is 14.8 Å². The van der Waals surface area contributed by atoms with E-state index in [9.17, 15) is 9.59 Å². The summed E-state index contributed by atoms with van der Waals surface area (Å²) in [4.78, 5) is 28.4. The maximum absolute atomic E-state index is 12.6. The minimum absolute atomic E-state index is 0.000347. The van der Waals surface area contributed by atoms with Gasteiger partial charge in [0, 0.05) is 18.2 Å². The topological polar surface area (TPSA) is 101 Å². The highest BCUT2D eigenvalue weighted by Crippen LogP contribution is 2.24. The molecule has 1 unspecified atom stereocenters. The molecule has 0 aliphatic rings. The number of allylic oxidation sites excluding steroid dienone is 1. The van der Waals surface area contributed by atoms with Crippen molar-refractivity contribution >= 4 is 47.3 Å². The molecule has 0 saturated carbocycles. The summed E-state index contributed by atoms with van der Waals surface area (Å²) in [5.41, 5.74) is 0.707. The number of carbonyl (C=O) groups excluding carboxylic acids is 2. The van der Waals surface area contributed by atoms with Crippen molar-refractivity contribution in [1.29, 1.82) is 5.41 Å². The van der Waals surface area contributed by atoms with E-state index in [1.807, 2.05) is 0 Å². The van der Waals surface area contributed by atoms with Gasteiger partial charge in [-0.15, -0.1) is 0 Å². The van der Waals surface area contributed by atoms with Crippen molar-refractivity contribution in [2.24, 2.45) is 4.99 Å². The standard InChI is InChI=1S/C23H19Cl2N3O4/c1-3-14-27-23(26)32-16-12-10-15(11-13-16)6-4-9-19(22(30)31-2)28-21(29)20-17(24)7-5-8-18(20)25/h3,5,7-8,10-14,19,26H,1,9H2,2H3,(H,28,29). The summed E-state index contributed by atoms with van der Waals surface area (Å²) < 4.78 is 9.98. The van der Waals surface area contributed by atoms with E-state index in [0.717, 1.165) is 0 Å². The lowest BCUT2D eigenvalue weighted by Crippen LogP contribution is -2.41. The molecule has 32 heavy (non-hydrogen) atoms. The van der Waals surface area contributed by atoms with Crippen LogP contribution in [0, 0.1) is 17.3 Å². The van der Waals surface area contributed by atoms with E-state index in [2.05, 4.69) is 28.7 Å². The Balaban J connectivity index is 2.06. The first-order valence-electron chi connectivity index (χ1n) is 9.18. The summed E-state index contributed by atoms with van der Waals surface area (Å²) in [6, 6.07) is 9.98. The van der Waals surface area contributed by atoms with Gasteiger partial charge in [0.2, 0.25) is 0 Å². The number of rotatable bonds is 6. The van der Waals surface area contributed by atoms with E-state index in [4.69, 9.17) is 38.1 Å². The third kappa shape index (κ3) is 7.27. The number of carbonyl (C=O) groups is 2. The summed E-state index contributed by atoms with van der Waals surface area (Å²) >= 11 is 12.1. The molecule has 0 fully saturated rings. The van der Waals surface area contributed by atoms with E-state index < -0.39 is 17.9 Å². The van der Waals surface area contributed by atoms with Crippen LogP contribution in [0.5, 0.6) is 5.75 Å². The highest BCUT2D eigenvalue weighted by Gasteiger charge is 2.23. The van der Waals surface area contributed by atoms with E-state index in [1.165, 1.54) is 31.5 Å². The molecule has 7 nitrogen and oxygen atoms in total. The Hall–Kier alpha value is -3.60. The average molecular weight is 472 g/mol. The Morgan fingerprint density at radius 1 is 1.22 bits per heavy atom. The molecule has 2 aromatic carbocycles. The quantitative estimate of drug-likeness (QED) is 0.284. The van der Waals surface area contributed by atoms with Crippen LogP contribution in [0.2, 0.25) is 10.0 Å². The van der Waals surface area contributed by atoms with Crippen LogP contribution in [0.3, 0.4) is 0 Å². The zero-order chi connectivity index (χ0) is 23.5. The van der Waals surface area contributed by atoms with E-state index >= 15 is 0 Å². The van der Waals surface area contributed by atoms with Gasteiger partial charge in [-0.05, 0) is 36.4 Å². The second-order valence-electron chi connectivity index (χ2n) is 6.10. The fourth-order valence-corrected chi connectivity index (χ4v) is 2.97. The van der Waals surface area contributed by atoms with Crippen molar-refractivity contribution in [3.05, 3.63) is 76.3 Å². The summed E-state index contributed by atoms with van der Waals surface area (Å²) in [5.74, 6) is 4.88. The van der Waals surface area contributed by atoms with Gasteiger partial charge in [-0.25, -0.2) is 15.2 Å². The third-order valence-electron chi connectivity index (χ3n) is 3.89. The zero-order valence-electron chi connectivity index (χ0n) is 17.0. The Kier molecular flexibility index (Phi) is 9.48. The Labute approximate surface area is 195 Å². The molecule has 0 spiro atoms. The fraction of sp³-hybridized carbons (Fsp3) is 0.130. The molecule has 1 atom stereocenters. The number of amides is 1. The number of nitrogens with zero attached hydrogens (tertiary/aromatic N) is 1. The van der Waals surface area contributed by atoms with Crippen molar-refractivity contribution in [1.82, 2.24) is 5.32 Å². The second kappa shape index (κ2) is 12.3. The first-order valence-corrected chi connectivity index (χ1v) is 9.94. The average Bonchev–Trinajstić information content (AvgIpc) is 2.77. The normalized spacial score (nSPS) is 11.1. The minimum atomic E-state index is -1.02. The van der Waals surface area contributed by atoms with Crippen LogP contribution in [0.4, 0.5) is 0 Å². The molecule has 164 valence electrons. The van der Waals surface area contributed by atoms with Crippen LogP contribution < -0.4 is 10.1 Å². The van der Waals surface area contributed by atoms with Crippen molar-refractivity contribution in [3.63, 3.8) is 0 Å². The van der Waals surface area contributed by atoms with Gasteiger partial charge in [-0.2, -0.15) is 0 Å². The Morgan fingerprint density at radius 3 is 2.47 bits per heavy atom. The van der Waals surface area contributed by atoms with Gasteiger partial charge in [0.15, 0.2) is 0 Å². The first kappa shape index (κ1) is 24.7. The van der Waals surface area contributed by atoms with E-state index in [0.29, 0.717) is 11.3 Å². The maximum atomic E-state index is 12.6. The highest BCUT2D eigenvalue weighted by molar-refractivity contribution is 6.39. The SMILES string of the molecule is C=CC=NC(=N)Oc1ccc(C#CCC(NC(=O)c2c(Cl)cccc2Cl)C(=O)OC)cc1. The van der Waals surface area contributed by atoms with Crippen LogP contribution >= 0.6 is 23.2 Å². The molecule has 0 heterocycles. The molecule has 2 aromatic rings. The van der Waals surface area contributed by atoms with Crippen LogP contribution in [0.15, 0.2) is 60.1 Å². The summed E-state index contributed by atoms with van der Waals surface area (Å²) in [5, 5.41) is 10.4. The van der Waals surface area contributed by atoms with Gasteiger partial charge in [0.25, 0.3) is 5.91 Å². The molecule has 0 aliphatic heterocycles. The van der Waals surface area contributed by atoms with Crippen LogP contribution in [-0.4, -0.2) is 37.3 Å². The molecule has 2 rings (SSSR count). The molecule has 0 saturated heterocycles. The molecular formula is C23H19Cl2N3O4. The lowest BCUT2D eigenvalue weighted by molar-refractivity contribution is -0.142. The van der Waals surface area contributed by atoms with Gasteiger partial charge in [-0.3, -0.25) is 4.79 Å². The number of esters is 1. The van der Waals surface area contributed by atoms with Crippen molar-refractivity contribution in [2.75, 3.05) is 7.11 Å². The molecule has 0 aliphatic carbocycles. The number of hydrogen-bond acceptors (Lipinski definition) is 5. The van der Waals surface area contributed by atoms with Crippen molar-refractivity contribution in [3.8, 4) is 17.6 Å². The summed E-state index contributed by atoms with van der Waals surface area (Å²) in [7, 11) is 1.22. The number of benzene rings is 2. The molecule has 1 amide bonds. The summed E-state index contributed by atoms with van der Waals surface area (Å²) in [6.07, 6.45) is 2.78. The number of aliphatic imine (C=N–C) groups is 1. The van der Waals surface area contributed by atoms with Crippen LogP contribution in [0.25, 0.3) is 0 Å². The maximum Gasteiger partial charge on any atom is 0.329 e. The Bertz CT molecular complexity index is 1080. The molecule has 0 radical (unpaired) electrons. The minimum Gasteiger partial charge on any atom is -0.467 e. The lowest BCUT2D eigenvalue weighted by atomic mass is 10.1. The zero-order valence-corrected chi connectivity index (χ0v) is 18.5. The largest absolute Gasteiger partial charge is 0.467 e. The van der Waals surface area contributed by atoms with Gasteiger partial charge >= 0.3 is 12.0 Å². The smallest absolute Gasteiger partial charge is 0.329 e. The van der Waals surface area contributed by atoms with Crippen molar-refractivity contribution < 1.29 is 19.1 Å². The number of methoxy groups -OCH3 is 1. The van der Waals surface area contributed by atoms with E-state index in [-0.39, 0.29) is 28.1 Å². The molecule has 2 N–H and O–H groups in total. The first-order chi connectivity index (χ1) is 15.3. The fourth-order valence-electron chi connectivity index (χ4n) is 2.40. The number of nitrogens with one attached hydrogen (secondary N) is 2. The summed E-state index contributed by atoms with van der Waals surface area (Å²) in [6.45, 7) is 3.47. The predicted octanol–water partition coefficient (Wildman–Crippen LogP) is 4.28. The monoisotopic (exact) mass is 471 g/mol. The van der Waals surface area contributed by atoms with Crippen LogP contribution in [0.1, 0.15) is 22.3 Å².